The van der Waals surface area contributed by atoms with Crippen LogP contribution < -0.4 is 9.84 Å². The van der Waals surface area contributed by atoms with Gasteiger partial charge in [0.15, 0.2) is 5.78 Å². The minimum atomic E-state index is -1.27. The molecule has 0 radical (unpaired) electrons. The lowest BCUT2D eigenvalue weighted by Gasteiger charge is -2.15. The van der Waals surface area contributed by atoms with Gasteiger partial charge < -0.3 is 14.6 Å². The van der Waals surface area contributed by atoms with Gasteiger partial charge in [0.1, 0.15) is 12.4 Å². The summed E-state index contributed by atoms with van der Waals surface area (Å²) in [5.74, 6) is -0.751. The third kappa shape index (κ3) is 2.14. The van der Waals surface area contributed by atoms with Crippen molar-refractivity contribution in [2.45, 2.75) is 25.1 Å². The van der Waals surface area contributed by atoms with E-state index in [1.165, 1.54) is 0 Å². The van der Waals surface area contributed by atoms with E-state index in [0.29, 0.717) is 17.7 Å². The zero-order valence-corrected chi connectivity index (χ0v) is 11.7. The molecule has 96 valence electrons. The quantitative estimate of drug-likeness (QED) is 0.779. The minimum absolute atomic E-state index is 0.0285. The number of ether oxygens (including phenoxy) is 1. The minimum Gasteiger partial charge on any atom is -0.546 e. The van der Waals surface area contributed by atoms with Gasteiger partial charge in [0, 0.05) is 11.1 Å². The Kier molecular flexibility index (Phi) is 3.43. The average molecular weight is 312 g/mol. The summed E-state index contributed by atoms with van der Waals surface area (Å²) >= 11 is 3.32. The first-order chi connectivity index (χ1) is 8.41. The summed E-state index contributed by atoms with van der Waals surface area (Å²) in [5, 5.41) is 10.5. The Balaban J connectivity index is 2.49. The number of Topliss-reactive ketones (excluding diaryl/α,β-unsaturated/α-hetero) is 1. The van der Waals surface area contributed by atoms with Gasteiger partial charge in [-0.3, -0.25) is 4.79 Å². The highest BCUT2D eigenvalue weighted by atomic mass is 79.9. The molecule has 0 spiro atoms. The van der Waals surface area contributed by atoms with Crippen LogP contribution in [0.3, 0.4) is 0 Å². The van der Waals surface area contributed by atoms with Gasteiger partial charge in [0.05, 0.1) is 10.8 Å². The lowest BCUT2D eigenvalue weighted by atomic mass is 9.99. The van der Waals surface area contributed by atoms with Gasteiger partial charge in [-0.25, -0.2) is 0 Å². The van der Waals surface area contributed by atoms with Gasteiger partial charge in [0.25, 0.3) is 0 Å². The number of ketones is 1. The molecular formula is C13H12BrO4-. The average Bonchev–Trinajstić information content (AvgIpc) is 2.54. The van der Waals surface area contributed by atoms with Crippen molar-refractivity contribution in [3.05, 3.63) is 28.3 Å². The van der Waals surface area contributed by atoms with Crippen molar-refractivity contribution < 1.29 is 19.4 Å². The standard InChI is InChI=1S/C13H13BrO4/c1-6-3-7(2)13(18-5-10(15)16)8-4-9(14)12(17)11(6)8/h3,9H,4-5H2,1-2H3,(H,15,16)/p-1. The van der Waals surface area contributed by atoms with E-state index in [2.05, 4.69) is 15.9 Å². The number of carbonyl (C=O) groups excluding carboxylic acids is 2. The number of halogens is 1. The van der Waals surface area contributed by atoms with Crippen LogP contribution in [0.4, 0.5) is 0 Å². The Morgan fingerprint density at radius 2 is 2.17 bits per heavy atom. The summed E-state index contributed by atoms with van der Waals surface area (Å²) in [6.07, 6.45) is 0.527. The smallest absolute Gasteiger partial charge is 0.177 e. The number of fused-ring (bicyclic) bond motifs is 1. The highest BCUT2D eigenvalue weighted by Crippen LogP contribution is 2.38. The number of aliphatic carboxylic acids is 1. The Labute approximate surface area is 113 Å². The second-order valence-electron chi connectivity index (χ2n) is 4.39. The zero-order valence-electron chi connectivity index (χ0n) is 10.1. The van der Waals surface area contributed by atoms with Crippen LogP contribution in [0, 0.1) is 13.8 Å². The fourth-order valence-corrected chi connectivity index (χ4v) is 2.90. The third-order valence-corrected chi connectivity index (χ3v) is 3.75. The largest absolute Gasteiger partial charge is 0.546 e. The van der Waals surface area contributed by atoms with E-state index in [-0.39, 0.29) is 10.6 Å². The van der Waals surface area contributed by atoms with Crippen LogP contribution in [0.15, 0.2) is 6.07 Å². The van der Waals surface area contributed by atoms with Gasteiger partial charge in [0.2, 0.25) is 0 Å². The molecule has 1 unspecified atom stereocenters. The van der Waals surface area contributed by atoms with Gasteiger partial charge in [-0.05, 0) is 31.4 Å². The topological polar surface area (TPSA) is 66.4 Å². The number of benzene rings is 1. The molecule has 1 aromatic carbocycles. The molecule has 5 heteroatoms. The van der Waals surface area contributed by atoms with Crippen LogP contribution in [0.2, 0.25) is 0 Å². The fourth-order valence-electron chi connectivity index (χ4n) is 2.35. The SMILES string of the molecule is Cc1cc(C)c2c(c1OCC(=O)[O-])CC(Br)C2=O. The predicted molar refractivity (Wildman–Crippen MR) is 67.2 cm³/mol. The molecule has 1 aliphatic carbocycles. The van der Waals surface area contributed by atoms with Crippen molar-refractivity contribution in [3.8, 4) is 5.75 Å². The maximum absolute atomic E-state index is 12.0. The van der Waals surface area contributed by atoms with E-state index in [9.17, 15) is 14.7 Å². The van der Waals surface area contributed by atoms with Crippen molar-refractivity contribution in [2.24, 2.45) is 0 Å². The molecule has 1 aliphatic rings. The van der Waals surface area contributed by atoms with E-state index < -0.39 is 12.6 Å². The molecule has 0 saturated heterocycles. The lowest BCUT2D eigenvalue weighted by molar-refractivity contribution is -0.307. The number of rotatable bonds is 3. The van der Waals surface area contributed by atoms with Gasteiger partial charge in [-0.15, -0.1) is 0 Å². The molecule has 0 bridgehead atoms. The first kappa shape index (κ1) is 13.1. The number of alkyl halides is 1. The maximum atomic E-state index is 12.0. The summed E-state index contributed by atoms with van der Waals surface area (Å²) in [5.41, 5.74) is 3.17. The molecule has 0 fully saturated rings. The first-order valence-corrected chi connectivity index (χ1v) is 6.47. The molecule has 4 nitrogen and oxygen atoms in total. The first-order valence-electron chi connectivity index (χ1n) is 5.55. The number of hydrogen-bond donors (Lipinski definition) is 0. The second kappa shape index (κ2) is 4.72. The number of carboxylic acids is 1. The highest BCUT2D eigenvalue weighted by Gasteiger charge is 2.33. The molecule has 0 N–H and O–H groups in total. The molecule has 0 heterocycles. The van der Waals surface area contributed by atoms with E-state index in [4.69, 9.17) is 4.74 Å². The van der Waals surface area contributed by atoms with E-state index >= 15 is 0 Å². The Morgan fingerprint density at radius 3 is 2.78 bits per heavy atom. The fraction of sp³-hybridized carbons (Fsp3) is 0.385. The van der Waals surface area contributed by atoms with Gasteiger partial charge in [-0.2, -0.15) is 0 Å². The molecule has 2 rings (SSSR count). The van der Waals surface area contributed by atoms with Gasteiger partial charge >= 0.3 is 0 Å². The van der Waals surface area contributed by atoms with Crippen LogP contribution in [-0.4, -0.2) is 23.2 Å². The molecule has 0 amide bonds. The predicted octanol–water partition coefficient (Wildman–Crippen LogP) is 0.934. The van der Waals surface area contributed by atoms with E-state index in [0.717, 1.165) is 16.7 Å². The summed E-state index contributed by atoms with van der Waals surface area (Å²) in [6.45, 7) is 3.21. The summed E-state index contributed by atoms with van der Waals surface area (Å²) in [6, 6.07) is 1.84. The maximum Gasteiger partial charge on any atom is 0.177 e. The van der Waals surface area contributed by atoms with E-state index in [1.54, 1.807) is 0 Å². The normalized spacial score (nSPS) is 17.7. The number of aryl methyl sites for hydroxylation is 2. The molecule has 0 aromatic heterocycles. The van der Waals surface area contributed by atoms with Crippen LogP contribution in [0.5, 0.6) is 5.75 Å². The van der Waals surface area contributed by atoms with Crippen LogP contribution in [-0.2, 0) is 11.2 Å². The molecule has 18 heavy (non-hydrogen) atoms. The van der Waals surface area contributed by atoms with Crippen molar-refractivity contribution >= 4 is 27.7 Å². The number of carboxylic acid groups (broad SMARTS) is 1. The summed E-state index contributed by atoms with van der Waals surface area (Å²) in [7, 11) is 0. The molecule has 1 atom stereocenters. The monoisotopic (exact) mass is 311 g/mol. The Morgan fingerprint density at radius 1 is 1.50 bits per heavy atom. The van der Waals surface area contributed by atoms with Gasteiger partial charge in [-0.1, -0.05) is 22.0 Å². The zero-order chi connectivity index (χ0) is 13.4. The second-order valence-corrected chi connectivity index (χ2v) is 5.49. The van der Waals surface area contributed by atoms with Crippen molar-refractivity contribution in [1.82, 2.24) is 0 Å². The van der Waals surface area contributed by atoms with E-state index in [1.807, 2.05) is 19.9 Å². The third-order valence-electron chi connectivity index (χ3n) is 3.01. The molecule has 0 saturated carbocycles. The lowest BCUT2D eigenvalue weighted by Crippen LogP contribution is -2.29. The van der Waals surface area contributed by atoms with Crippen molar-refractivity contribution in [3.63, 3.8) is 0 Å². The Bertz CT molecular complexity index is 536. The molecule has 0 aliphatic heterocycles. The van der Waals surface area contributed by atoms with Crippen molar-refractivity contribution in [2.75, 3.05) is 6.61 Å². The highest BCUT2D eigenvalue weighted by molar-refractivity contribution is 9.10. The number of carbonyl (C=O) groups is 2. The Hall–Kier alpha value is -1.36. The number of hydrogen-bond acceptors (Lipinski definition) is 4. The van der Waals surface area contributed by atoms with Crippen LogP contribution >= 0.6 is 15.9 Å². The van der Waals surface area contributed by atoms with Crippen molar-refractivity contribution in [1.29, 1.82) is 0 Å². The van der Waals surface area contributed by atoms with Crippen LogP contribution in [0.25, 0.3) is 0 Å². The van der Waals surface area contributed by atoms with Crippen LogP contribution in [0.1, 0.15) is 27.0 Å². The molecular weight excluding hydrogens is 300 g/mol. The summed E-state index contributed by atoms with van der Waals surface area (Å²) in [4.78, 5) is 22.2. The summed E-state index contributed by atoms with van der Waals surface area (Å²) < 4.78 is 5.26. The molecule has 1 aromatic rings.